The predicted molar refractivity (Wildman–Crippen MR) is 70.1 cm³/mol. The van der Waals surface area contributed by atoms with Gasteiger partial charge in [-0.3, -0.25) is 0 Å². The maximum atomic E-state index is 5.63. The van der Waals surface area contributed by atoms with Crippen molar-refractivity contribution in [2.75, 3.05) is 5.73 Å². The fourth-order valence-electron chi connectivity index (χ4n) is 1.99. The average molecular weight is 239 g/mol. The van der Waals surface area contributed by atoms with Crippen LogP contribution in [0.4, 0.5) is 5.95 Å². The van der Waals surface area contributed by atoms with Gasteiger partial charge in [0.2, 0.25) is 5.95 Å². The van der Waals surface area contributed by atoms with Gasteiger partial charge in [0.05, 0.1) is 0 Å². The van der Waals surface area contributed by atoms with Crippen LogP contribution in [0.15, 0.2) is 30.5 Å². The molecule has 18 heavy (non-hydrogen) atoms. The summed E-state index contributed by atoms with van der Waals surface area (Å²) in [5.74, 6) is 1.02. The van der Waals surface area contributed by atoms with E-state index in [-0.39, 0.29) is 5.95 Å². The highest BCUT2D eigenvalue weighted by Gasteiger charge is 2.10. The van der Waals surface area contributed by atoms with Gasteiger partial charge in [0, 0.05) is 17.8 Å². The highest BCUT2D eigenvalue weighted by atomic mass is 15.3. The summed E-state index contributed by atoms with van der Waals surface area (Å²) in [5, 5.41) is 4.18. The Bertz CT molecular complexity index is 729. The molecular formula is C13H13N5. The molecule has 90 valence electrons. The molecule has 0 spiro atoms. The van der Waals surface area contributed by atoms with Gasteiger partial charge in [0.25, 0.3) is 0 Å². The van der Waals surface area contributed by atoms with E-state index in [0.29, 0.717) is 5.65 Å². The largest absolute Gasteiger partial charge is 0.366 e. The van der Waals surface area contributed by atoms with Crippen molar-refractivity contribution in [3.63, 3.8) is 0 Å². The zero-order valence-corrected chi connectivity index (χ0v) is 10.3. The Labute approximate surface area is 104 Å². The number of fused-ring (bicyclic) bond motifs is 1. The smallest absolute Gasteiger partial charge is 0.240 e. The van der Waals surface area contributed by atoms with Crippen molar-refractivity contribution >= 4 is 11.6 Å². The molecule has 0 saturated carbocycles. The first-order valence-corrected chi connectivity index (χ1v) is 5.70. The van der Waals surface area contributed by atoms with Crippen LogP contribution in [0.1, 0.15) is 11.1 Å². The van der Waals surface area contributed by atoms with Crippen molar-refractivity contribution in [1.82, 2.24) is 19.6 Å². The molecule has 0 aliphatic carbocycles. The highest BCUT2D eigenvalue weighted by molar-refractivity contribution is 5.63. The SMILES string of the molecule is Cc1ccc(C)c(-c2nccc3nc(N)nn23)c1. The molecule has 0 bridgehead atoms. The van der Waals surface area contributed by atoms with Gasteiger partial charge in [-0.15, -0.1) is 5.10 Å². The van der Waals surface area contributed by atoms with Gasteiger partial charge in [0.15, 0.2) is 11.5 Å². The summed E-state index contributed by atoms with van der Waals surface area (Å²) in [6.07, 6.45) is 1.72. The van der Waals surface area contributed by atoms with Gasteiger partial charge in [-0.05, 0) is 25.5 Å². The maximum absolute atomic E-state index is 5.63. The van der Waals surface area contributed by atoms with E-state index in [1.807, 2.05) is 0 Å². The summed E-state index contributed by atoms with van der Waals surface area (Å²) in [4.78, 5) is 8.54. The third-order valence-corrected chi connectivity index (χ3v) is 2.90. The van der Waals surface area contributed by atoms with Crippen molar-refractivity contribution in [2.24, 2.45) is 0 Å². The van der Waals surface area contributed by atoms with Crippen LogP contribution in [0, 0.1) is 13.8 Å². The van der Waals surface area contributed by atoms with Crippen LogP contribution in [-0.4, -0.2) is 19.6 Å². The third-order valence-electron chi connectivity index (χ3n) is 2.90. The molecule has 2 aromatic heterocycles. The molecule has 2 heterocycles. The monoisotopic (exact) mass is 239 g/mol. The number of benzene rings is 1. The van der Waals surface area contributed by atoms with E-state index in [1.165, 1.54) is 5.56 Å². The van der Waals surface area contributed by atoms with Gasteiger partial charge < -0.3 is 5.73 Å². The molecule has 3 rings (SSSR count). The number of nitrogen functional groups attached to an aromatic ring is 1. The van der Waals surface area contributed by atoms with E-state index in [0.717, 1.165) is 17.0 Å². The quantitative estimate of drug-likeness (QED) is 0.705. The second kappa shape index (κ2) is 3.80. The number of rotatable bonds is 1. The third kappa shape index (κ3) is 1.60. The molecule has 1 aromatic carbocycles. The number of nitrogens with two attached hydrogens (primary N) is 1. The highest BCUT2D eigenvalue weighted by Crippen LogP contribution is 2.23. The van der Waals surface area contributed by atoms with Gasteiger partial charge in [0.1, 0.15) is 0 Å². The van der Waals surface area contributed by atoms with E-state index in [9.17, 15) is 0 Å². The standard InChI is InChI=1S/C13H13N5/c1-8-3-4-9(2)10(7-8)12-15-6-5-11-16-13(14)17-18(11)12/h3-7H,1-2H3,(H2,14,17). The second-order valence-corrected chi connectivity index (χ2v) is 4.33. The van der Waals surface area contributed by atoms with Crippen LogP contribution in [0.25, 0.3) is 17.0 Å². The Balaban J connectivity index is 2.34. The van der Waals surface area contributed by atoms with E-state index in [1.54, 1.807) is 16.8 Å². The minimum absolute atomic E-state index is 0.259. The van der Waals surface area contributed by atoms with Crippen molar-refractivity contribution in [1.29, 1.82) is 0 Å². The number of hydrogen-bond donors (Lipinski definition) is 1. The molecule has 0 atom stereocenters. The second-order valence-electron chi connectivity index (χ2n) is 4.33. The van der Waals surface area contributed by atoms with Crippen LogP contribution in [-0.2, 0) is 0 Å². The van der Waals surface area contributed by atoms with Crippen molar-refractivity contribution < 1.29 is 0 Å². The Morgan fingerprint density at radius 2 is 2.00 bits per heavy atom. The van der Waals surface area contributed by atoms with Gasteiger partial charge in [-0.25, -0.2) is 4.98 Å². The summed E-state index contributed by atoms with van der Waals surface area (Å²) in [6, 6.07) is 8.03. The molecule has 5 nitrogen and oxygen atoms in total. The van der Waals surface area contributed by atoms with Crippen LogP contribution in [0.2, 0.25) is 0 Å². The minimum Gasteiger partial charge on any atom is -0.366 e. The lowest BCUT2D eigenvalue weighted by Gasteiger charge is -2.07. The molecule has 0 aliphatic heterocycles. The molecular weight excluding hydrogens is 226 g/mol. The zero-order chi connectivity index (χ0) is 12.7. The topological polar surface area (TPSA) is 69.1 Å². The molecule has 0 radical (unpaired) electrons. The molecule has 0 fully saturated rings. The lowest BCUT2D eigenvalue weighted by molar-refractivity contribution is 0.937. The Morgan fingerprint density at radius 1 is 1.17 bits per heavy atom. The predicted octanol–water partition coefficient (Wildman–Crippen LogP) is 1.99. The van der Waals surface area contributed by atoms with Gasteiger partial charge in [-0.1, -0.05) is 17.7 Å². The van der Waals surface area contributed by atoms with Gasteiger partial charge >= 0.3 is 0 Å². The normalized spacial score (nSPS) is 11.0. The maximum Gasteiger partial charge on any atom is 0.240 e. The van der Waals surface area contributed by atoms with Crippen LogP contribution in [0.5, 0.6) is 0 Å². The lowest BCUT2D eigenvalue weighted by Crippen LogP contribution is -1.99. The first-order valence-electron chi connectivity index (χ1n) is 5.70. The Kier molecular flexibility index (Phi) is 2.26. The number of hydrogen-bond acceptors (Lipinski definition) is 4. The molecule has 5 heteroatoms. The zero-order valence-electron chi connectivity index (χ0n) is 10.3. The number of aromatic nitrogens is 4. The van der Waals surface area contributed by atoms with E-state index < -0.39 is 0 Å². The number of nitrogens with zero attached hydrogens (tertiary/aromatic N) is 4. The Hall–Kier alpha value is -2.43. The number of anilines is 1. The van der Waals surface area contributed by atoms with E-state index in [4.69, 9.17) is 5.73 Å². The van der Waals surface area contributed by atoms with Crippen LogP contribution in [0.3, 0.4) is 0 Å². The molecule has 3 aromatic rings. The fourth-order valence-corrected chi connectivity index (χ4v) is 1.99. The molecule has 2 N–H and O–H groups in total. The van der Waals surface area contributed by atoms with E-state index >= 15 is 0 Å². The van der Waals surface area contributed by atoms with Crippen molar-refractivity contribution in [3.8, 4) is 11.4 Å². The minimum atomic E-state index is 0.259. The lowest BCUT2D eigenvalue weighted by atomic mass is 10.1. The first-order chi connectivity index (χ1) is 8.65. The number of aryl methyl sites for hydroxylation is 2. The molecule has 0 saturated heterocycles. The summed E-state index contributed by atoms with van der Waals surface area (Å²) >= 11 is 0. The summed E-state index contributed by atoms with van der Waals surface area (Å²) < 4.78 is 1.68. The van der Waals surface area contributed by atoms with E-state index in [2.05, 4.69) is 47.1 Å². The average Bonchev–Trinajstić information content (AvgIpc) is 2.72. The molecule has 0 unspecified atom stereocenters. The van der Waals surface area contributed by atoms with Crippen LogP contribution < -0.4 is 5.73 Å². The molecule has 0 aliphatic rings. The first kappa shape index (κ1) is 10.7. The summed E-state index contributed by atoms with van der Waals surface area (Å²) in [6.45, 7) is 4.11. The molecule has 0 amide bonds. The fraction of sp³-hybridized carbons (Fsp3) is 0.154. The van der Waals surface area contributed by atoms with Gasteiger partial charge in [-0.2, -0.15) is 9.50 Å². The van der Waals surface area contributed by atoms with Crippen molar-refractivity contribution in [2.45, 2.75) is 13.8 Å². The summed E-state index contributed by atoms with van der Waals surface area (Å²) in [7, 11) is 0. The van der Waals surface area contributed by atoms with Crippen LogP contribution >= 0.6 is 0 Å². The summed E-state index contributed by atoms with van der Waals surface area (Å²) in [5.41, 5.74) is 9.72. The van der Waals surface area contributed by atoms with Crippen molar-refractivity contribution in [3.05, 3.63) is 41.6 Å². The Morgan fingerprint density at radius 3 is 2.83 bits per heavy atom.